The van der Waals surface area contributed by atoms with Crippen LogP contribution in [0.2, 0.25) is 0 Å². The molecule has 77 heavy (non-hydrogen) atoms. The van der Waals surface area contributed by atoms with Crippen LogP contribution in [0.25, 0.3) is 10.8 Å². The Kier molecular flexibility index (Phi) is 25.9. The molecule has 2 aliphatic rings. The van der Waals surface area contributed by atoms with E-state index in [1.54, 1.807) is 11.1 Å². The molecule has 2 fully saturated rings. The van der Waals surface area contributed by atoms with Crippen LogP contribution >= 0.6 is 0 Å². The minimum atomic E-state index is 0.275. The Labute approximate surface area is 472 Å². The van der Waals surface area contributed by atoms with Crippen molar-refractivity contribution in [1.82, 2.24) is 0 Å². The lowest BCUT2D eigenvalue weighted by Crippen LogP contribution is -2.11. The molecule has 410 valence electrons. The molecule has 0 atom stereocenters. The highest BCUT2D eigenvalue weighted by atomic mass is 14.2. The zero-order valence-electron chi connectivity index (χ0n) is 52.0. The van der Waals surface area contributed by atoms with Gasteiger partial charge in [-0.05, 0) is 187 Å². The van der Waals surface area contributed by atoms with E-state index < -0.39 is 0 Å². The first-order valence-electron chi connectivity index (χ1n) is 29.2. The largest absolute Gasteiger partial charge is 0.0616 e. The molecule has 0 unspecified atom stereocenters. The topological polar surface area (TPSA) is 0 Å². The first-order valence-corrected chi connectivity index (χ1v) is 29.2. The molecule has 0 N–H and O–H groups in total. The molecule has 0 saturated heterocycles. The summed E-state index contributed by atoms with van der Waals surface area (Å²) in [5.74, 6) is 1.71. The van der Waals surface area contributed by atoms with Crippen molar-refractivity contribution in [2.45, 2.75) is 207 Å². The monoisotopic (exact) mass is 1030 g/mol. The normalized spacial score (nSPS) is 13.1. The fourth-order valence-electron chi connectivity index (χ4n) is 11.3. The first-order chi connectivity index (χ1) is 36.3. The van der Waals surface area contributed by atoms with E-state index in [1.165, 1.54) is 163 Å². The third-order valence-electron chi connectivity index (χ3n) is 14.6. The average molecular weight is 1030 g/mol. The van der Waals surface area contributed by atoms with Gasteiger partial charge in [-0.25, -0.2) is 0 Å². The summed E-state index contributed by atoms with van der Waals surface area (Å²) in [6.45, 7) is 41.1. The van der Waals surface area contributed by atoms with Gasteiger partial charge in [0.2, 0.25) is 0 Å². The summed E-state index contributed by atoms with van der Waals surface area (Å²) < 4.78 is 0. The van der Waals surface area contributed by atoms with Gasteiger partial charge in [-0.1, -0.05) is 288 Å². The van der Waals surface area contributed by atoms with Crippen molar-refractivity contribution in [3.8, 4) is 0 Å². The minimum absolute atomic E-state index is 0.275. The van der Waals surface area contributed by atoms with Crippen LogP contribution < -0.4 is 0 Å². The van der Waals surface area contributed by atoms with Gasteiger partial charge in [0.25, 0.3) is 0 Å². The molecule has 8 aromatic rings. The van der Waals surface area contributed by atoms with Gasteiger partial charge in [0.15, 0.2) is 0 Å². The van der Waals surface area contributed by atoms with Gasteiger partial charge >= 0.3 is 0 Å². The predicted octanol–water partition coefficient (Wildman–Crippen LogP) is 22.9. The molecule has 0 heterocycles. The van der Waals surface area contributed by atoms with Crippen LogP contribution in [0.15, 0.2) is 152 Å². The highest BCUT2D eigenvalue weighted by Crippen LogP contribution is 2.35. The Morgan fingerprint density at radius 3 is 0.870 bits per heavy atom. The Morgan fingerprint density at radius 1 is 0.273 bits per heavy atom. The van der Waals surface area contributed by atoms with E-state index in [4.69, 9.17) is 0 Å². The van der Waals surface area contributed by atoms with E-state index >= 15 is 0 Å². The minimum Gasteiger partial charge on any atom is -0.0616 e. The van der Waals surface area contributed by atoms with Crippen LogP contribution in [0.1, 0.15) is 196 Å². The van der Waals surface area contributed by atoms with E-state index in [1.807, 2.05) is 0 Å². The SMILES string of the molecule is Cc1cc(C)c2ccccc2c1.Cc1cc(C)cc(C(C)(C)C)c1.Cc1cc(C)cc(C)c1.Cc1cc(C)cc(C)c1.Cc1cc(C)cc(C2CCCC2)c1.Cc1cc(C)cc(C2CCCCC2)c1.Cc1ccc(C)cc1. The second-order valence-electron chi connectivity index (χ2n) is 24.6. The predicted molar refractivity (Wildman–Crippen MR) is 344 cm³/mol. The van der Waals surface area contributed by atoms with E-state index in [2.05, 4.69) is 283 Å². The molecule has 8 aromatic carbocycles. The summed E-state index contributed by atoms with van der Waals surface area (Å²) >= 11 is 0. The highest BCUT2D eigenvalue weighted by molar-refractivity contribution is 5.86. The van der Waals surface area contributed by atoms with Crippen LogP contribution in [-0.4, -0.2) is 0 Å². The number of hydrogen-bond donors (Lipinski definition) is 0. The molecule has 0 heteroatoms. The Morgan fingerprint density at radius 2 is 0.545 bits per heavy atom. The summed E-state index contributed by atoms with van der Waals surface area (Å²) in [4.78, 5) is 0. The van der Waals surface area contributed by atoms with Crippen molar-refractivity contribution < 1.29 is 0 Å². The molecule has 0 bridgehead atoms. The fourth-order valence-corrected chi connectivity index (χ4v) is 11.3. The van der Waals surface area contributed by atoms with E-state index in [9.17, 15) is 0 Å². The van der Waals surface area contributed by atoms with Crippen molar-refractivity contribution in [3.63, 3.8) is 0 Å². The average Bonchev–Trinajstić information content (AvgIpc) is 3.88. The molecule has 0 spiro atoms. The number of aryl methyl sites for hydroxylation is 16. The van der Waals surface area contributed by atoms with Gasteiger partial charge in [0.05, 0.1) is 0 Å². The Bertz CT molecular complexity index is 2790. The molecule has 0 nitrogen and oxygen atoms in total. The number of benzene rings is 8. The second kappa shape index (κ2) is 31.4. The Balaban J connectivity index is 0.000000196. The summed E-state index contributed by atoms with van der Waals surface area (Å²) in [7, 11) is 0. The van der Waals surface area contributed by atoms with Crippen molar-refractivity contribution >= 4 is 10.8 Å². The van der Waals surface area contributed by atoms with Gasteiger partial charge in [0, 0.05) is 0 Å². The lowest BCUT2D eigenvalue weighted by atomic mass is 9.83. The first kappa shape index (κ1) is 63.6. The quantitative estimate of drug-likeness (QED) is 0.162. The molecule has 2 aliphatic carbocycles. The maximum atomic E-state index is 2.38. The van der Waals surface area contributed by atoms with Gasteiger partial charge < -0.3 is 0 Å². The highest BCUT2D eigenvalue weighted by Gasteiger charge is 2.18. The van der Waals surface area contributed by atoms with Crippen LogP contribution in [0.4, 0.5) is 0 Å². The summed E-state index contributed by atoms with van der Waals surface area (Å²) in [5.41, 5.74) is 26.8. The maximum absolute atomic E-state index is 2.38. The third kappa shape index (κ3) is 24.1. The van der Waals surface area contributed by atoms with Crippen LogP contribution in [-0.2, 0) is 5.41 Å². The molecule has 0 amide bonds. The second-order valence-corrected chi connectivity index (χ2v) is 24.6. The van der Waals surface area contributed by atoms with Gasteiger partial charge in [-0.2, -0.15) is 0 Å². The zero-order chi connectivity index (χ0) is 56.8. The van der Waals surface area contributed by atoms with Crippen molar-refractivity contribution in [2.75, 3.05) is 0 Å². The standard InChI is InChI=1S/C14H20.C13H18.C12H12.C12H18.2C9H12.C8H10/c1-11-8-12(2)10-14(9-11)13-6-4-3-5-7-13;1-10-7-11(2)9-13(8-10)12-5-3-4-6-12;1-9-7-10(2)12-6-4-3-5-11(12)8-9;1-9-6-10(2)8-11(7-9)12(3,4)5;2*1-7-4-8(2)6-9(3)5-7;1-7-3-5-8(2)6-4-7/h8-10,13H,3-7H2,1-2H3;7-9,12H,3-6H2,1-2H3;3-8H,1-2H3;6-8H,1-5H3;2*4-6H,1-3H3;3-6H,1-2H3. The molecule has 0 aliphatic heterocycles. The number of fused-ring (bicyclic) bond motifs is 1. The summed E-state index contributed by atoms with van der Waals surface area (Å²) in [6.07, 6.45) is 12.8. The molecule has 2 saturated carbocycles. The van der Waals surface area contributed by atoms with Gasteiger partial charge in [0.1, 0.15) is 0 Å². The smallest absolute Gasteiger partial charge is 0.0132 e. The molecule has 0 radical (unpaired) electrons. The van der Waals surface area contributed by atoms with Crippen LogP contribution in [0.3, 0.4) is 0 Å². The molecular formula is C77H102. The zero-order valence-corrected chi connectivity index (χ0v) is 52.0. The van der Waals surface area contributed by atoms with Crippen molar-refractivity contribution in [1.29, 1.82) is 0 Å². The van der Waals surface area contributed by atoms with E-state index in [-0.39, 0.29) is 5.41 Å². The Hall–Kier alpha value is -5.98. The lowest BCUT2D eigenvalue weighted by molar-refractivity contribution is 0.443. The van der Waals surface area contributed by atoms with Gasteiger partial charge in [-0.3, -0.25) is 0 Å². The van der Waals surface area contributed by atoms with Gasteiger partial charge in [-0.15, -0.1) is 0 Å². The molecule has 0 aromatic heterocycles. The summed E-state index contributed by atoms with van der Waals surface area (Å²) in [5, 5.41) is 2.71. The lowest BCUT2D eigenvalue weighted by Gasteiger charge is -2.22. The van der Waals surface area contributed by atoms with Crippen molar-refractivity contribution in [2.24, 2.45) is 0 Å². The van der Waals surface area contributed by atoms with E-state index in [0.29, 0.717) is 0 Å². The summed E-state index contributed by atoms with van der Waals surface area (Å²) in [6, 6.07) is 55.3. The van der Waals surface area contributed by atoms with Crippen LogP contribution in [0, 0.1) is 111 Å². The number of rotatable bonds is 2. The molecular weight excluding hydrogens is 925 g/mol. The maximum Gasteiger partial charge on any atom is -0.0132 e. The fraction of sp³-hybridized carbons (Fsp3) is 0.403. The third-order valence-corrected chi connectivity index (χ3v) is 14.6. The number of hydrogen-bond acceptors (Lipinski definition) is 0. The van der Waals surface area contributed by atoms with E-state index in [0.717, 1.165) is 11.8 Å². The van der Waals surface area contributed by atoms with Crippen LogP contribution in [0.5, 0.6) is 0 Å². The van der Waals surface area contributed by atoms with Crippen molar-refractivity contribution in [3.05, 3.63) is 257 Å². The molecule has 10 rings (SSSR count).